The standard InChI is InChI=1S/C14H22N2O2.ClH/c1-11-4-5-13(12(2)8-11)9-16-14(17)10-15-6-7-18-3;/h4-5,8,15H,6-7,9-10H2,1-3H3,(H,16,17);1H. The van der Waals surface area contributed by atoms with E-state index in [0.29, 0.717) is 26.2 Å². The van der Waals surface area contributed by atoms with E-state index in [9.17, 15) is 4.79 Å². The van der Waals surface area contributed by atoms with E-state index >= 15 is 0 Å². The van der Waals surface area contributed by atoms with Crippen LogP contribution in [0.3, 0.4) is 0 Å². The van der Waals surface area contributed by atoms with Crippen LogP contribution in [0.1, 0.15) is 16.7 Å². The number of rotatable bonds is 7. The van der Waals surface area contributed by atoms with Crippen LogP contribution in [0, 0.1) is 13.8 Å². The predicted molar refractivity (Wildman–Crippen MR) is 79.8 cm³/mol. The van der Waals surface area contributed by atoms with Gasteiger partial charge in [0.25, 0.3) is 0 Å². The van der Waals surface area contributed by atoms with E-state index in [-0.39, 0.29) is 18.3 Å². The van der Waals surface area contributed by atoms with Crippen LogP contribution < -0.4 is 10.6 Å². The van der Waals surface area contributed by atoms with Crippen LogP contribution in [0.15, 0.2) is 18.2 Å². The van der Waals surface area contributed by atoms with Crippen molar-refractivity contribution in [3.8, 4) is 0 Å². The summed E-state index contributed by atoms with van der Waals surface area (Å²) in [5, 5.41) is 5.90. The third kappa shape index (κ3) is 7.15. The molecule has 0 aliphatic rings. The first-order valence-corrected chi connectivity index (χ1v) is 6.16. The molecule has 19 heavy (non-hydrogen) atoms. The highest BCUT2D eigenvalue weighted by Gasteiger charge is 2.02. The normalized spacial score (nSPS) is 9.84. The number of halogens is 1. The number of nitrogens with one attached hydrogen (secondary N) is 2. The minimum Gasteiger partial charge on any atom is -0.383 e. The summed E-state index contributed by atoms with van der Waals surface area (Å²) >= 11 is 0. The summed E-state index contributed by atoms with van der Waals surface area (Å²) in [7, 11) is 1.64. The lowest BCUT2D eigenvalue weighted by molar-refractivity contribution is -0.120. The third-order valence-corrected chi connectivity index (χ3v) is 2.74. The van der Waals surface area contributed by atoms with Crippen LogP contribution in [0.5, 0.6) is 0 Å². The monoisotopic (exact) mass is 286 g/mol. The Hall–Kier alpha value is -1.10. The number of methoxy groups -OCH3 is 1. The van der Waals surface area contributed by atoms with Crippen molar-refractivity contribution in [2.24, 2.45) is 0 Å². The molecule has 4 nitrogen and oxygen atoms in total. The van der Waals surface area contributed by atoms with Gasteiger partial charge in [0.2, 0.25) is 5.91 Å². The Labute approximate surface area is 121 Å². The molecule has 0 bridgehead atoms. The second kappa shape index (κ2) is 9.78. The molecule has 2 N–H and O–H groups in total. The number of hydrogen-bond acceptors (Lipinski definition) is 3. The van der Waals surface area contributed by atoms with Crippen molar-refractivity contribution in [2.45, 2.75) is 20.4 Å². The molecule has 5 heteroatoms. The van der Waals surface area contributed by atoms with Gasteiger partial charge >= 0.3 is 0 Å². The van der Waals surface area contributed by atoms with Crippen molar-refractivity contribution in [2.75, 3.05) is 26.8 Å². The lowest BCUT2D eigenvalue weighted by atomic mass is 10.1. The van der Waals surface area contributed by atoms with Crippen LogP contribution in [0.2, 0.25) is 0 Å². The van der Waals surface area contributed by atoms with E-state index in [1.165, 1.54) is 11.1 Å². The quantitative estimate of drug-likeness (QED) is 0.748. The highest BCUT2D eigenvalue weighted by Crippen LogP contribution is 2.09. The van der Waals surface area contributed by atoms with Crippen molar-refractivity contribution in [1.29, 1.82) is 0 Å². The third-order valence-electron chi connectivity index (χ3n) is 2.74. The number of benzene rings is 1. The molecule has 0 unspecified atom stereocenters. The van der Waals surface area contributed by atoms with Gasteiger partial charge in [0, 0.05) is 20.2 Å². The molecule has 1 rings (SSSR count). The lowest BCUT2D eigenvalue weighted by Gasteiger charge is -2.09. The fraction of sp³-hybridized carbons (Fsp3) is 0.500. The van der Waals surface area contributed by atoms with Gasteiger partial charge in [0.15, 0.2) is 0 Å². The van der Waals surface area contributed by atoms with Crippen molar-refractivity contribution in [1.82, 2.24) is 10.6 Å². The van der Waals surface area contributed by atoms with Crippen LogP contribution in [0.4, 0.5) is 0 Å². The van der Waals surface area contributed by atoms with Gasteiger partial charge < -0.3 is 15.4 Å². The van der Waals surface area contributed by atoms with E-state index in [2.05, 4.69) is 42.7 Å². The number of carbonyl (C=O) groups excluding carboxylic acids is 1. The largest absolute Gasteiger partial charge is 0.383 e. The number of carbonyl (C=O) groups is 1. The fourth-order valence-corrected chi connectivity index (χ4v) is 1.68. The molecule has 0 saturated heterocycles. The molecule has 0 heterocycles. The second-order valence-electron chi connectivity index (χ2n) is 4.38. The SMILES string of the molecule is COCCNCC(=O)NCc1ccc(C)cc1C.Cl. The highest BCUT2D eigenvalue weighted by molar-refractivity contribution is 5.85. The summed E-state index contributed by atoms with van der Waals surface area (Å²) in [6, 6.07) is 6.24. The molecular weight excluding hydrogens is 264 g/mol. The number of ether oxygens (including phenoxy) is 1. The van der Waals surface area contributed by atoms with Crippen LogP contribution in [0.25, 0.3) is 0 Å². The number of hydrogen-bond donors (Lipinski definition) is 2. The highest BCUT2D eigenvalue weighted by atomic mass is 35.5. The summed E-state index contributed by atoms with van der Waals surface area (Å²) in [5.41, 5.74) is 3.61. The topological polar surface area (TPSA) is 50.4 Å². The first-order valence-electron chi connectivity index (χ1n) is 6.16. The lowest BCUT2D eigenvalue weighted by Crippen LogP contribution is -2.34. The molecule has 0 atom stereocenters. The minimum atomic E-state index is 0. The Morgan fingerprint density at radius 3 is 2.68 bits per heavy atom. The van der Waals surface area contributed by atoms with E-state index < -0.39 is 0 Å². The zero-order valence-electron chi connectivity index (χ0n) is 11.8. The van der Waals surface area contributed by atoms with Crippen molar-refractivity contribution >= 4 is 18.3 Å². The Balaban J connectivity index is 0.00000324. The maximum Gasteiger partial charge on any atom is 0.234 e. The van der Waals surface area contributed by atoms with Gasteiger partial charge in [0.1, 0.15) is 0 Å². The first-order chi connectivity index (χ1) is 8.63. The van der Waals surface area contributed by atoms with Crippen LogP contribution >= 0.6 is 12.4 Å². The maximum atomic E-state index is 11.5. The van der Waals surface area contributed by atoms with Crippen LogP contribution in [-0.4, -0.2) is 32.7 Å². The number of aryl methyl sites for hydroxylation is 2. The average Bonchev–Trinajstić information content (AvgIpc) is 2.33. The second-order valence-corrected chi connectivity index (χ2v) is 4.38. The zero-order chi connectivity index (χ0) is 13.4. The summed E-state index contributed by atoms with van der Waals surface area (Å²) < 4.78 is 4.89. The van der Waals surface area contributed by atoms with E-state index in [1.54, 1.807) is 7.11 Å². The van der Waals surface area contributed by atoms with E-state index in [0.717, 1.165) is 5.56 Å². The van der Waals surface area contributed by atoms with Gasteiger partial charge in [-0.3, -0.25) is 4.79 Å². The zero-order valence-corrected chi connectivity index (χ0v) is 12.6. The molecule has 0 aliphatic heterocycles. The fourth-order valence-electron chi connectivity index (χ4n) is 1.68. The van der Waals surface area contributed by atoms with Gasteiger partial charge in [-0.1, -0.05) is 23.8 Å². The smallest absolute Gasteiger partial charge is 0.234 e. The summed E-state index contributed by atoms with van der Waals surface area (Å²) in [6.45, 7) is 6.34. The Morgan fingerprint density at radius 2 is 2.05 bits per heavy atom. The van der Waals surface area contributed by atoms with Crippen molar-refractivity contribution < 1.29 is 9.53 Å². The van der Waals surface area contributed by atoms with Gasteiger partial charge in [-0.05, 0) is 25.0 Å². The van der Waals surface area contributed by atoms with Crippen molar-refractivity contribution in [3.63, 3.8) is 0 Å². The van der Waals surface area contributed by atoms with Gasteiger partial charge in [0.05, 0.1) is 13.2 Å². The molecule has 0 saturated carbocycles. The van der Waals surface area contributed by atoms with E-state index in [4.69, 9.17) is 4.74 Å². The maximum absolute atomic E-state index is 11.5. The minimum absolute atomic E-state index is 0. The molecular formula is C14H23ClN2O2. The Kier molecular flexibility index (Phi) is 9.21. The van der Waals surface area contributed by atoms with Crippen molar-refractivity contribution in [3.05, 3.63) is 34.9 Å². The molecule has 0 aromatic heterocycles. The van der Waals surface area contributed by atoms with Gasteiger partial charge in [-0.15, -0.1) is 12.4 Å². The Morgan fingerprint density at radius 1 is 1.32 bits per heavy atom. The molecule has 1 amide bonds. The molecule has 1 aromatic carbocycles. The summed E-state index contributed by atoms with van der Waals surface area (Å²) in [6.07, 6.45) is 0. The Bertz CT molecular complexity index is 397. The summed E-state index contributed by atoms with van der Waals surface area (Å²) in [5.74, 6) is 0.00563. The first kappa shape index (κ1) is 17.9. The molecule has 0 radical (unpaired) electrons. The molecule has 0 spiro atoms. The molecule has 0 aliphatic carbocycles. The van der Waals surface area contributed by atoms with E-state index in [1.807, 2.05) is 0 Å². The predicted octanol–water partition coefficient (Wildman–Crippen LogP) is 1.58. The van der Waals surface area contributed by atoms with Gasteiger partial charge in [-0.2, -0.15) is 0 Å². The molecule has 108 valence electrons. The van der Waals surface area contributed by atoms with Gasteiger partial charge in [-0.25, -0.2) is 0 Å². The average molecular weight is 287 g/mol. The summed E-state index contributed by atoms with van der Waals surface area (Å²) in [4.78, 5) is 11.5. The van der Waals surface area contributed by atoms with Crippen LogP contribution in [-0.2, 0) is 16.1 Å². The molecule has 1 aromatic rings. The molecule has 0 fully saturated rings. The number of amides is 1.